The van der Waals surface area contributed by atoms with Crippen molar-refractivity contribution in [1.29, 1.82) is 0 Å². The van der Waals surface area contributed by atoms with E-state index < -0.39 is 5.97 Å². The molecule has 2 N–H and O–H groups in total. The Kier molecular flexibility index (Phi) is 9.26. The number of aliphatic carboxylic acids is 1. The summed E-state index contributed by atoms with van der Waals surface area (Å²) < 4.78 is 5.47. The molecule has 2 aromatic carbocycles. The van der Waals surface area contributed by atoms with Crippen LogP contribution >= 0.6 is 44.8 Å². The van der Waals surface area contributed by atoms with Crippen LogP contribution in [-0.2, 0) is 16.0 Å². The molecule has 5 nitrogen and oxygen atoms in total. The van der Waals surface area contributed by atoms with E-state index in [9.17, 15) is 9.59 Å². The van der Waals surface area contributed by atoms with Crippen molar-refractivity contribution in [2.75, 3.05) is 11.1 Å². The molecule has 1 aliphatic rings. The third-order valence-corrected chi connectivity index (χ3v) is 8.48. The number of carboxylic acid groups (broad SMARTS) is 1. The number of halogens is 2. The zero-order valence-corrected chi connectivity index (χ0v) is 19.9. The maximum absolute atomic E-state index is 12.3. The Morgan fingerprint density at radius 3 is 2.71 bits per heavy atom. The number of carbonyl (C=O) groups excluding carboxylic acids is 1. The summed E-state index contributed by atoms with van der Waals surface area (Å²) >= 11 is 12.8. The normalized spacial score (nSPS) is 15.6. The van der Waals surface area contributed by atoms with Crippen LogP contribution in [0.15, 0.2) is 36.4 Å². The van der Waals surface area contributed by atoms with Crippen LogP contribution in [0.3, 0.4) is 0 Å². The average Bonchev–Trinajstić information content (AvgIpc) is 3.25. The summed E-state index contributed by atoms with van der Waals surface area (Å²) in [7, 11) is 3.87. The lowest BCUT2D eigenvalue weighted by Crippen LogP contribution is -2.09. The summed E-state index contributed by atoms with van der Waals surface area (Å²) in [5.41, 5.74) is 1.52. The Bertz CT molecular complexity index is 936. The van der Waals surface area contributed by atoms with Crippen molar-refractivity contribution < 1.29 is 19.4 Å². The zero-order chi connectivity index (χ0) is 22.2. The molecular weight excluding hydrogens is 477 g/mol. The molecule has 1 fully saturated rings. The van der Waals surface area contributed by atoms with Gasteiger partial charge in [0.2, 0.25) is 0 Å². The standard InChI is InChI=1S/C22H23Cl2NO4S2/c23-16-9-10-18(29-20(28)8-4-2-6-15-11-12-30-31-15)21(24)22(16)25-17-7-3-1-5-14(17)13-19(26)27/h1,3,5,7,9-10,15,25H,2,4,6,8,11-13H2,(H,26,27)/t15-/m1/s1. The molecule has 0 aromatic heterocycles. The molecular formula is C22H23Cl2NO4S2. The molecule has 0 bridgehead atoms. The van der Waals surface area contributed by atoms with Crippen LogP contribution in [0.1, 0.15) is 37.7 Å². The Labute approximate surface area is 199 Å². The zero-order valence-electron chi connectivity index (χ0n) is 16.7. The molecule has 2 aromatic rings. The second-order valence-corrected chi connectivity index (χ2v) is 10.7. The molecule has 1 heterocycles. The third-order valence-electron chi connectivity index (χ3n) is 4.78. The lowest BCUT2D eigenvalue weighted by Gasteiger charge is -2.16. The molecule has 1 saturated heterocycles. The van der Waals surface area contributed by atoms with E-state index in [4.69, 9.17) is 33.0 Å². The van der Waals surface area contributed by atoms with Crippen LogP contribution in [0.4, 0.5) is 11.4 Å². The highest BCUT2D eigenvalue weighted by Gasteiger charge is 2.18. The lowest BCUT2D eigenvalue weighted by atomic mass is 10.1. The number of anilines is 2. The molecule has 0 aliphatic carbocycles. The number of rotatable bonds is 10. The first-order chi connectivity index (χ1) is 14.9. The Hall–Kier alpha value is -1.54. The van der Waals surface area contributed by atoms with Crippen molar-refractivity contribution in [2.45, 2.75) is 43.8 Å². The quantitative estimate of drug-likeness (QED) is 0.158. The Balaban J connectivity index is 1.62. The molecule has 0 radical (unpaired) electrons. The van der Waals surface area contributed by atoms with Gasteiger partial charge in [0.1, 0.15) is 5.02 Å². The molecule has 9 heteroatoms. The van der Waals surface area contributed by atoms with E-state index in [2.05, 4.69) is 5.32 Å². The van der Waals surface area contributed by atoms with Crippen molar-refractivity contribution in [3.63, 3.8) is 0 Å². The van der Waals surface area contributed by atoms with Crippen molar-refractivity contribution in [3.05, 3.63) is 52.0 Å². The number of unbranched alkanes of at least 4 members (excludes halogenated alkanes) is 1. The molecule has 0 unspecified atom stereocenters. The minimum Gasteiger partial charge on any atom is -0.481 e. The monoisotopic (exact) mass is 499 g/mol. The smallest absolute Gasteiger partial charge is 0.311 e. The predicted molar refractivity (Wildman–Crippen MR) is 130 cm³/mol. The number of carboxylic acids is 1. The number of carbonyl (C=O) groups is 2. The topological polar surface area (TPSA) is 75.6 Å². The summed E-state index contributed by atoms with van der Waals surface area (Å²) in [5, 5.41) is 13.4. The first kappa shape index (κ1) is 24.1. The number of esters is 1. The number of hydrogen-bond donors (Lipinski definition) is 2. The van der Waals surface area contributed by atoms with E-state index >= 15 is 0 Å². The number of nitrogens with one attached hydrogen (secondary N) is 1. The lowest BCUT2D eigenvalue weighted by molar-refractivity contribution is -0.136. The van der Waals surface area contributed by atoms with Gasteiger partial charge in [-0.25, -0.2) is 0 Å². The number of benzene rings is 2. The van der Waals surface area contributed by atoms with E-state index in [0.29, 0.717) is 33.6 Å². The van der Waals surface area contributed by atoms with Crippen LogP contribution < -0.4 is 10.1 Å². The van der Waals surface area contributed by atoms with E-state index in [0.717, 1.165) is 19.3 Å². The summed E-state index contributed by atoms with van der Waals surface area (Å²) in [4.78, 5) is 23.4. The summed E-state index contributed by atoms with van der Waals surface area (Å²) in [6.07, 6.45) is 4.31. The number of para-hydroxylation sites is 1. The van der Waals surface area contributed by atoms with Gasteiger partial charge in [-0.15, -0.1) is 0 Å². The summed E-state index contributed by atoms with van der Waals surface area (Å²) in [5.74, 6) is 0.148. The van der Waals surface area contributed by atoms with Gasteiger partial charge in [-0.05, 0) is 43.0 Å². The van der Waals surface area contributed by atoms with Crippen molar-refractivity contribution in [1.82, 2.24) is 0 Å². The fourth-order valence-corrected chi connectivity index (χ4v) is 6.73. The van der Waals surface area contributed by atoms with Gasteiger partial charge in [0.15, 0.2) is 5.75 Å². The Morgan fingerprint density at radius 2 is 1.97 bits per heavy atom. The van der Waals surface area contributed by atoms with E-state index in [-0.39, 0.29) is 23.2 Å². The van der Waals surface area contributed by atoms with Gasteiger partial charge >= 0.3 is 11.9 Å². The van der Waals surface area contributed by atoms with Crippen LogP contribution in [0.5, 0.6) is 5.75 Å². The van der Waals surface area contributed by atoms with Gasteiger partial charge in [-0.1, -0.05) is 69.4 Å². The van der Waals surface area contributed by atoms with Gasteiger partial charge in [-0.3, -0.25) is 9.59 Å². The fourth-order valence-electron chi connectivity index (χ4n) is 3.20. The first-order valence-corrected chi connectivity index (χ1v) is 13.1. The number of hydrogen-bond acceptors (Lipinski definition) is 6. The fraction of sp³-hybridized carbons (Fsp3) is 0.364. The van der Waals surface area contributed by atoms with E-state index in [1.54, 1.807) is 36.4 Å². The first-order valence-electron chi connectivity index (χ1n) is 9.97. The second-order valence-electron chi connectivity index (χ2n) is 7.14. The van der Waals surface area contributed by atoms with Crippen LogP contribution in [0, 0.1) is 0 Å². The molecule has 31 heavy (non-hydrogen) atoms. The molecule has 1 aliphatic heterocycles. The Morgan fingerprint density at radius 1 is 1.16 bits per heavy atom. The maximum atomic E-state index is 12.3. The molecule has 0 spiro atoms. The maximum Gasteiger partial charge on any atom is 0.311 e. The summed E-state index contributed by atoms with van der Waals surface area (Å²) in [6, 6.07) is 10.1. The van der Waals surface area contributed by atoms with Crippen molar-refractivity contribution >= 4 is 68.1 Å². The van der Waals surface area contributed by atoms with Crippen molar-refractivity contribution in [2.24, 2.45) is 0 Å². The van der Waals surface area contributed by atoms with E-state index in [1.807, 2.05) is 21.6 Å². The SMILES string of the molecule is O=C(O)Cc1ccccc1Nc1c(Cl)ccc(OC(=O)CCCC[C@@H]2CCSS2)c1Cl. The molecule has 3 rings (SSSR count). The molecule has 0 saturated carbocycles. The molecule has 1 atom stereocenters. The van der Waals surface area contributed by atoms with Crippen molar-refractivity contribution in [3.8, 4) is 5.75 Å². The van der Waals surface area contributed by atoms with Gasteiger partial charge in [0, 0.05) is 23.1 Å². The minimum absolute atomic E-state index is 0.148. The highest BCUT2D eigenvalue weighted by atomic mass is 35.5. The summed E-state index contributed by atoms with van der Waals surface area (Å²) in [6.45, 7) is 0. The largest absolute Gasteiger partial charge is 0.481 e. The van der Waals surface area contributed by atoms with Crippen LogP contribution in [0.25, 0.3) is 0 Å². The van der Waals surface area contributed by atoms with Gasteiger partial charge < -0.3 is 15.2 Å². The number of ether oxygens (including phenoxy) is 1. The predicted octanol–water partition coefficient (Wildman–Crippen LogP) is 6.98. The van der Waals surface area contributed by atoms with Gasteiger partial charge in [-0.2, -0.15) is 0 Å². The van der Waals surface area contributed by atoms with Gasteiger partial charge in [0.25, 0.3) is 0 Å². The van der Waals surface area contributed by atoms with E-state index in [1.165, 1.54) is 12.2 Å². The molecule has 166 valence electrons. The van der Waals surface area contributed by atoms with Crippen LogP contribution in [-0.4, -0.2) is 28.0 Å². The van der Waals surface area contributed by atoms with Crippen LogP contribution in [0.2, 0.25) is 10.0 Å². The minimum atomic E-state index is -0.945. The van der Waals surface area contributed by atoms with Gasteiger partial charge in [0.05, 0.1) is 17.1 Å². The second kappa shape index (κ2) is 11.9. The highest BCUT2D eigenvalue weighted by Crippen LogP contribution is 2.41. The third kappa shape index (κ3) is 7.24. The average molecular weight is 500 g/mol. The highest BCUT2D eigenvalue weighted by molar-refractivity contribution is 8.77. The molecule has 0 amide bonds.